The molecule has 0 saturated carbocycles. The highest BCUT2D eigenvalue weighted by Gasteiger charge is 2.34. The smallest absolute Gasteiger partial charge is 0.234 e. The molecule has 0 aliphatic carbocycles. The molecule has 0 bridgehead atoms. The fourth-order valence-corrected chi connectivity index (χ4v) is 3.90. The van der Waals surface area contributed by atoms with Gasteiger partial charge in [-0.1, -0.05) is 36.4 Å². The van der Waals surface area contributed by atoms with Gasteiger partial charge < -0.3 is 10.2 Å². The van der Waals surface area contributed by atoms with E-state index in [-0.39, 0.29) is 30.5 Å². The van der Waals surface area contributed by atoms with Crippen LogP contribution in [-0.4, -0.2) is 39.1 Å². The van der Waals surface area contributed by atoms with Gasteiger partial charge in [-0.25, -0.2) is 8.42 Å². The highest BCUT2D eigenvalue weighted by atomic mass is 32.2. The Balaban J connectivity index is 1.49. The zero-order valence-corrected chi connectivity index (χ0v) is 15.5. The third-order valence-electron chi connectivity index (χ3n) is 4.28. The van der Waals surface area contributed by atoms with Crippen LogP contribution in [0.25, 0.3) is 0 Å². The van der Waals surface area contributed by atoms with E-state index < -0.39 is 15.9 Å². The average molecular weight is 387 g/mol. The van der Waals surface area contributed by atoms with Crippen molar-refractivity contribution < 1.29 is 18.0 Å². The first-order chi connectivity index (χ1) is 12.9. The van der Waals surface area contributed by atoms with Gasteiger partial charge in [-0.2, -0.15) is 0 Å². The number of hydrogen-bond donors (Lipinski definition) is 2. The Hall–Kier alpha value is -2.87. The lowest BCUT2D eigenvalue weighted by molar-refractivity contribution is -0.126. The maximum atomic E-state index is 12.3. The van der Waals surface area contributed by atoms with Crippen molar-refractivity contribution in [2.75, 3.05) is 28.5 Å². The predicted octanol–water partition coefficient (Wildman–Crippen LogP) is 1.60. The van der Waals surface area contributed by atoms with E-state index in [1.54, 1.807) is 35.2 Å². The minimum absolute atomic E-state index is 0.0168. The minimum atomic E-state index is -3.56. The molecule has 2 N–H and O–H groups in total. The van der Waals surface area contributed by atoms with Gasteiger partial charge >= 0.3 is 0 Å². The van der Waals surface area contributed by atoms with Gasteiger partial charge in [-0.05, 0) is 24.3 Å². The third kappa shape index (κ3) is 5.07. The Morgan fingerprint density at radius 1 is 1.04 bits per heavy atom. The second-order valence-electron chi connectivity index (χ2n) is 6.32. The molecular weight excluding hydrogens is 366 g/mol. The van der Waals surface area contributed by atoms with Gasteiger partial charge in [0.15, 0.2) is 0 Å². The van der Waals surface area contributed by atoms with Gasteiger partial charge in [-0.15, -0.1) is 0 Å². The standard InChI is InChI=1S/C19H21N3O4S/c23-18-13-15(14-22(18)17-9-5-2-6-10-17)19(24)20-11-12-27(25,26)21-16-7-3-1-4-8-16/h1-10,15,21H,11-14H2,(H,20,24). The number of para-hydroxylation sites is 2. The summed E-state index contributed by atoms with van der Waals surface area (Å²) >= 11 is 0. The lowest BCUT2D eigenvalue weighted by atomic mass is 10.1. The van der Waals surface area contributed by atoms with E-state index in [4.69, 9.17) is 0 Å². The molecule has 1 aliphatic heterocycles. The zero-order chi connectivity index (χ0) is 19.3. The number of sulfonamides is 1. The van der Waals surface area contributed by atoms with Gasteiger partial charge in [-0.3, -0.25) is 14.3 Å². The van der Waals surface area contributed by atoms with Crippen LogP contribution in [0.3, 0.4) is 0 Å². The number of carbonyl (C=O) groups excluding carboxylic acids is 2. The molecule has 2 amide bonds. The van der Waals surface area contributed by atoms with E-state index >= 15 is 0 Å². The summed E-state index contributed by atoms with van der Waals surface area (Å²) in [6.45, 7) is 0.278. The van der Waals surface area contributed by atoms with E-state index in [0.29, 0.717) is 12.2 Å². The van der Waals surface area contributed by atoms with Crippen molar-refractivity contribution in [1.82, 2.24) is 5.32 Å². The monoisotopic (exact) mass is 387 g/mol. The van der Waals surface area contributed by atoms with E-state index in [1.807, 2.05) is 30.3 Å². The summed E-state index contributed by atoms with van der Waals surface area (Å²) in [5, 5.41) is 2.62. The van der Waals surface area contributed by atoms with Crippen LogP contribution < -0.4 is 14.9 Å². The number of rotatable bonds is 7. The molecule has 1 atom stereocenters. The third-order valence-corrected chi connectivity index (χ3v) is 5.57. The number of carbonyl (C=O) groups is 2. The summed E-state index contributed by atoms with van der Waals surface area (Å²) in [6.07, 6.45) is 0.121. The van der Waals surface area contributed by atoms with Crippen LogP contribution in [0.2, 0.25) is 0 Å². The molecule has 142 valence electrons. The molecule has 0 aromatic heterocycles. The van der Waals surface area contributed by atoms with Crippen LogP contribution in [0.1, 0.15) is 6.42 Å². The molecule has 1 unspecified atom stereocenters. The van der Waals surface area contributed by atoms with Gasteiger partial charge in [0.25, 0.3) is 0 Å². The number of amides is 2. The Morgan fingerprint density at radius 3 is 2.33 bits per heavy atom. The minimum Gasteiger partial charge on any atom is -0.355 e. The topological polar surface area (TPSA) is 95.6 Å². The van der Waals surface area contributed by atoms with Crippen molar-refractivity contribution in [3.05, 3.63) is 60.7 Å². The molecule has 3 rings (SSSR count). The number of benzene rings is 2. The molecule has 2 aromatic rings. The van der Waals surface area contributed by atoms with Crippen LogP contribution in [0.15, 0.2) is 60.7 Å². The van der Waals surface area contributed by atoms with Gasteiger partial charge in [0.2, 0.25) is 21.8 Å². The maximum Gasteiger partial charge on any atom is 0.234 e. The van der Waals surface area contributed by atoms with E-state index in [0.717, 1.165) is 5.69 Å². The van der Waals surface area contributed by atoms with Gasteiger partial charge in [0.1, 0.15) is 0 Å². The maximum absolute atomic E-state index is 12.3. The van der Waals surface area contributed by atoms with Crippen LogP contribution in [-0.2, 0) is 19.6 Å². The van der Waals surface area contributed by atoms with E-state index in [9.17, 15) is 18.0 Å². The number of nitrogens with one attached hydrogen (secondary N) is 2. The van der Waals surface area contributed by atoms with E-state index in [2.05, 4.69) is 10.0 Å². The normalized spacial score (nSPS) is 17.0. The molecule has 1 saturated heterocycles. The summed E-state index contributed by atoms with van der Waals surface area (Å²) in [7, 11) is -3.56. The Morgan fingerprint density at radius 2 is 1.67 bits per heavy atom. The zero-order valence-electron chi connectivity index (χ0n) is 14.7. The fraction of sp³-hybridized carbons (Fsp3) is 0.263. The second kappa shape index (κ2) is 8.22. The fourth-order valence-electron chi connectivity index (χ4n) is 2.93. The first-order valence-corrected chi connectivity index (χ1v) is 10.3. The predicted molar refractivity (Wildman–Crippen MR) is 104 cm³/mol. The summed E-state index contributed by atoms with van der Waals surface area (Å²) < 4.78 is 26.6. The summed E-state index contributed by atoms with van der Waals surface area (Å²) in [6, 6.07) is 17.7. The highest BCUT2D eigenvalue weighted by Crippen LogP contribution is 2.24. The molecule has 2 aromatic carbocycles. The summed E-state index contributed by atoms with van der Waals surface area (Å²) in [4.78, 5) is 26.1. The molecule has 27 heavy (non-hydrogen) atoms. The van der Waals surface area contributed by atoms with Crippen LogP contribution in [0, 0.1) is 5.92 Å². The van der Waals surface area contributed by atoms with Crippen LogP contribution in [0.5, 0.6) is 0 Å². The molecule has 1 fully saturated rings. The summed E-state index contributed by atoms with van der Waals surface area (Å²) in [5.41, 5.74) is 1.23. The van der Waals surface area contributed by atoms with Crippen molar-refractivity contribution in [2.24, 2.45) is 5.92 Å². The molecule has 1 heterocycles. The molecule has 0 spiro atoms. The van der Waals surface area contributed by atoms with Crippen molar-refractivity contribution in [3.8, 4) is 0 Å². The number of anilines is 2. The van der Waals surface area contributed by atoms with Crippen molar-refractivity contribution in [3.63, 3.8) is 0 Å². The molecule has 0 radical (unpaired) electrons. The lowest BCUT2D eigenvalue weighted by Crippen LogP contribution is -2.36. The second-order valence-corrected chi connectivity index (χ2v) is 8.16. The molecule has 1 aliphatic rings. The molecular formula is C19H21N3O4S. The Kier molecular flexibility index (Phi) is 5.75. The van der Waals surface area contributed by atoms with Gasteiger partial charge in [0.05, 0.1) is 11.7 Å². The van der Waals surface area contributed by atoms with Crippen molar-refractivity contribution >= 4 is 33.2 Å². The van der Waals surface area contributed by atoms with Crippen molar-refractivity contribution in [1.29, 1.82) is 0 Å². The molecule has 8 heteroatoms. The first kappa shape index (κ1) is 18.9. The quantitative estimate of drug-likeness (QED) is 0.754. The largest absolute Gasteiger partial charge is 0.355 e. The summed E-state index contributed by atoms with van der Waals surface area (Å²) in [5.74, 6) is -1.14. The first-order valence-electron chi connectivity index (χ1n) is 8.63. The SMILES string of the molecule is O=C(NCCS(=O)(=O)Nc1ccccc1)C1CC(=O)N(c2ccccc2)C1. The van der Waals surface area contributed by atoms with Crippen LogP contribution in [0.4, 0.5) is 11.4 Å². The number of nitrogens with zero attached hydrogens (tertiary/aromatic N) is 1. The van der Waals surface area contributed by atoms with Crippen molar-refractivity contribution in [2.45, 2.75) is 6.42 Å². The van der Waals surface area contributed by atoms with Crippen LogP contribution >= 0.6 is 0 Å². The highest BCUT2D eigenvalue weighted by molar-refractivity contribution is 7.92. The Bertz CT molecular complexity index is 901. The molecule has 7 nitrogen and oxygen atoms in total. The van der Waals surface area contributed by atoms with Gasteiger partial charge in [0, 0.05) is 30.9 Å². The lowest BCUT2D eigenvalue weighted by Gasteiger charge is -2.16. The average Bonchev–Trinajstić information content (AvgIpc) is 3.04. The van der Waals surface area contributed by atoms with E-state index in [1.165, 1.54) is 0 Å². The number of hydrogen-bond acceptors (Lipinski definition) is 4. The Labute approximate surface area is 158 Å².